The van der Waals surface area contributed by atoms with Crippen LogP contribution in [0.25, 0.3) is 10.9 Å². The van der Waals surface area contributed by atoms with Crippen molar-refractivity contribution in [3.8, 4) is 5.75 Å². The van der Waals surface area contributed by atoms with Gasteiger partial charge in [-0.3, -0.25) is 4.79 Å². The highest BCUT2D eigenvalue weighted by Gasteiger charge is 2.29. The van der Waals surface area contributed by atoms with Crippen LogP contribution in [-0.4, -0.2) is 49.8 Å². The van der Waals surface area contributed by atoms with Gasteiger partial charge in [0.2, 0.25) is 5.91 Å². The average Bonchev–Trinajstić information content (AvgIpc) is 3.31. The molecule has 0 radical (unpaired) electrons. The Morgan fingerprint density at radius 3 is 3.08 bits per heavy atom. The lowest BCUT2D eigenvalue weighted by Crippen LogP contribution is -2.50. The zero-order valence-electron chi connectivity index (χ0n) is 14.5. The number of fused-ring (bicyclic) bond motifs is 1. The van der Waals surface area contributed by atoms with Crippen LogP contribution >= 0.6 is 0 Å². The Bertz CT molecular complexity index is 751. The fraction of sp³-hybridized carbons (Fsp3) is 0.526. The number of rotatable bonds is 4. The van der Waals surface area contributed by atoms with Gasteiger partial charge in [0.05, 0.1) is 7.11 Å². The van der Waals surface area contributed by atoms with E-state index in [-0.39, 0.29) is 18.1 Å². The molecule has 2 aliphatic heterocycles. The van der Waals surface area contributed by atoms with Crippen LogP contribution in [-0.2, 0) is 9.53 Å². The maximum Gasteiger partial charge on any atom is 0.249 e. The molecule has 3 atom stereocenters. The number of nitrogens with one attached hydrogen (secondary N) is 3. The second-order valence-corrected chi connectivity index (χ2v) is 6.95. The van der Waals surface area contributed by atoms with Crippen LogP contribution in [0.15, 0.2) is 24.4 Å². The van der Waals surface area contributed by atoms with Gasteiger partial charge in [0.15, 0.2) is 0 Å². The molecule has 0 aliphatic carbocycles. The molecule has 134 valence electrons. The number of methoxy groups -OCH3 is 1. The van der Waals surface area contributed by atoms with E-state index in [2.05, 4.69) is 27.9 Å². The minimum Gasteiger partial charge on any atom is -0.497 e. The molecule has 1 aromatic heterocycles. The van der Waals surface area contributed by atoms with E-state index in [0.29, 0.717) is 12.5 Å². The standard InChI is InChI=1S/C19H25N3O3/c1-24-14-4-5-17-15(8-14)16(11-21-17)12-7-13(10-20-9-12)22-19(23)18-3-2-6-25-18/h4-5,8,11-13,18,20-21H,2-3,6-7,9-10H2,1H3,(H,22,23)/t12-,13-,18+/m1/s1. The van der Waals surface area contributed by atoms with Crippen molar-refractivity contribution in [2.45, 2.75) is 37.3 Å². The molecule has 2 fully saturated rings. The van der Waals surface area contributed by atoms with Crippen LogP contribution < -0.4 is 15.4 Å². The second-order valence-electron chi connectivity index (χ2n) is 6.95. The Kier molecular flexibility index (Phi) is 4.63. The monoisotopic (exact) mass is 343 g/mol. The van der Waals surface area contributed by atoms with Crippen LogP contribution in [0.2, 0.25) is 0 Å². The number of carbonyl (C=O) groups excluding carboxylic acids is 1. The molecule has 3 N–H and O–H groups in total. The summed E-state index contributed by atoms with van der Waals surface area (Å²) in [5.41, 5.74) is 2.39. The van der Waals surface area contributed by atoms with Gasteiger partial charge < -0.3 is 25.1 Å². The van der Waals surface area contributed by atoms with Gasteiger partial charge in [-0.25, -0.2) is 0 Å². The number of aromatic nitrogens is 1. The highest BCUT2D eigenvalue weighted by molar-refractivity contribution is 5.85. The summed E-state index contributed by atoms with van der Waals surface area (Å²) in [5.74, 6) is 1.25. The Morgan fingerprint density at radius 2 is 2.28 bits per heavy atom. The quantitative estimate of drug-likeness (QED) is 0.793. The minimum absolute atomic E-state index is 0.0329. The molecule has 3 heterocycles. The predicted molar refractivity (Wildman–Crippen MR) is 96.0 cm³/mol. The van der Waals surface area contributed by atoms with Gasteiger partial charge in [-0.15, -0.1) is 0 Å². The molecule has 1 amide bonds. The van der Waals surface area contributed by atoms with E-state index < -0.39 is 0 Å². The van der Waals surface area contributed by atoms with Gasteiger partial charge >= 0.3 is 0 Å². The van der Waals surface area contributed by atoms with Crippen LogP contribution in [0.5, 0.6) is 5.75 Å². The molecule has 25 heavy (non-hydrogen) atoms. The predicted octanol–water partition coefficient (Wildman–Crippen LogP) is 1.92. The van der Waals surface area contributed by atoms with E-state index in [1.54, 1.807) is 7.11 Å². The Balaban J connectivity index is 1.48. The number of amides is 1. The molecule has 2 saturated heterocycles. The number of benzene rings is 1. The van der Waals surface area contributed by atoms with E-state index >= 15 is 0 Å². The average molecular weight is 343 g/mol. The number of H-pyrrole nitrogens is 1. The summed E-state index contributed by atoms with van der Waals surface area (Å²) < 4.78 is 10.9. The topological polar surface area (TPSA) is 75.4 Å². The van der Waals surface area contributed by atoms with Gasteiger partial charge in [-0.2, -0.15) is 0 Å². The summed E-state index contributed by atoms with van der Waals surface area (Å²) in [5, 5.41) is 7.82. The summed E-state index contributed by atoms with van der Waals surface area (Å²) in [6.45, 7) is 2.41. The summed E-state index contributed by atoms with van der Waals surface area (Å²) in [6, 6.07) is 6.22. The molecule has 2 aliphatic rings. The minimum atomic E-state index is -0.266. The number of hydrogen-bond donors (Lipinski definition) is 3. The highest BCUT2D eigenvalue weighted by atomic mass is 16.5. The largest absolute Gasteiger partial charge is 0.497 e. The van der Waals surface area contributed by atoms with Crippen molar-refractivity contribution in [2.75, 3.05) is 26.8 Å². The molecule has 0 saturated carbocycles. The molecule has 0 spiro atoms. The SMILES string of the molecule is COc1ccc2[nH]cc([C@H]3CNC[C@H](NC(=O)[C@@H]4CCCO4)C3)c2c1. The van der Waals surface area contributed by atoms with Crippen molar-refractivity contribution in [3.05, 3.63) is 30.0 Å². The van der Waals surface area contributed by atoms with E-state index in [1.165, 1.54) is 10.9 Å². The first-order chi connectivity index (χ1) is 12.2. The lowest BCUT2D eigenvalue weighted by atomic mass is 9.88. The van der Waals surface area contributed by atoms with Crippen molar-refractivity contribution >= 4 is 16.8 Å². The summed E-state index contributed by atoms with van der Waals surface area (Å²) in [7, 11) is 1.69. The molecule has 4 rings (SSSR count). The van der Waals surface area contributed by atoms with Crippen molar-refractivity contribution in [3.63, 3.8) is 0 Å². The molecule has 1 aromatic carbocycles. The normalized spacial score (nSPS) is 26.7. The zero-order chi connectivity index (χ0) is 17.2. The molecule has 6 nitrogen and oxygen atoms in total. The van der Waals surface area contributed by atoms with E-state index in [0.717, 1.165) is 43.6 Å². The van der Waals surface area contributed by atoms with Crippen LogP contribution in [0, 0.1) is 0 Å². The van der Waals surface area contributed by atoms with Gasteiger partial charge in [-0.05, 0) is 43.0 Å². The molecule has 0 bridgehead atoms. The van der Waals surface area contributed by atoms with Crippen LogP contribution in [0.1, 0.15) is 30.7 Å². The second kappa shape index (κ2) is 7.06. The highest BCUT2D eigenvalue weighted by Crippen LogP contribution is 2.32. The van der Waals surface area contributed by atoms with Gasteiger partial charge in [-0.1, -0.05) is 0 Å². The Hall–Kier alpha value is -2.05. The number of ether oxygens (including phenoxy) is 2. The van der Waals surface area contributed by atoms with Crippen molar-refractivity contribution in [1.82, 2.24) is 15.6 Å². The van der Waals surface area contributed by atoms with E-state index in [4.69, 9.17) is 9.47 Å². The fourth-order valence-corrected chi connectivity index (χ4v) is 3.95. The number of hydrogen-bond acceptors (Lipinski definition) is 4. The van der Waals surface area contributed by atoms with Crippen molar-refractivity contribution < 1.29 is 14.3 Å². The van der Waals surface area contributed by atoms with Crippen LogP contribution in [0.3, 0.4) is 0 Å². The van der Waals surface area contributed by atoms with E-state index in [1.807, 2.05) is 12.1 Å². The fourth-order valence-electron chi connectivity index (χ4n) is 3.95. The molecule has 0 unspecified atom stereocenters. The maximum atomic E-state index is 12.3. The third-order valence-electron chi connectivity index (χ3n) is 5.28. The Morgan fingerprint density at radius 1 is 1.36 bits per heavy atom. The van der Waals surface area contributed by atoms with Gasteiger partial charge in [0, 0.05) is 48.8 Å². The van der Waals surface area contributed by atoms with Gasteiger partial charge in [0.1, 0.15) is 11.9 Å². The van der Waals surface area contributed by atoms with Gasteiger partial charge in [0.25, 0.3) is 0 Å². The third-order valence-corrected chi connectivity index (χ3v) is 5.28. The molecular weight excluding hydrogens is 318 g/mol. The maximum absolute atomic E-state index is 12.3. The molecule has 6 heteroatoms. The lowest BCUT2D eigenvalue weighted by Gasteiger charge is -2.31. The number of carbonyl (C=O) groups is 1. The number of aromatic amines is 1. The lowest BCUT2D eigenvalue weighted by molar-refractivity contribution is -0.130. The van der Waals surface area contributed by atoms with Crippen molar-refractivity contribution in [2.24, 2.45) is 0 Å². The van der Waals surface area contributed by atoms with Crippen LogP contribution in [0.4, 0.5) is 0 Å². The van der Waals surface area contributed by atoms with E-state index in [9.17, 15) is 4.79 Å². The number of piperidine rings is 1. The third kappa shape index (κ3) is 3.37. The smallest absolute Gasteiger partial charge is 0.249 e. The zero-order valence-corrected chi connectivity index (χ0v) is 14.5. The first-order valence-corrected chi connectivity index (χ1v) is 9.02. The Labute approximate surface area is 147 Å². The first-order valence-electron chi connectivity index (χ1n) is 9.02. The molecular formula is C19H25N3O3. The summed E-state index contributed by atoms with van der Waals surface area (Å²) in [4.78, 5) is 15.7. The summed E-state index contributed by atoms with van der Waals surface area (Å²) >= 11 is 0. The first kappa shape index (κ1) is 16.4. The molecule has 2 aromatic rings. The van der Waals surface area contributed by atoms with Crippen molar-refractivity contribution in [1.29, 1.82) is 0 Å². The summed E-state index contributed by atoms with van der Waals surface area (Å²) in [6.07, 6.45) is 4.55.